The molecule has 2 aliphatic rings. The first kappa shape index (κ1) is 14.1. The predicted molar refractivity (Wildman–Crippen MR) is 74.2 cm³/mol. The van der Waals surface area contributed by atoms with Crippen molar-refractivity contribution in [3.05, 3.63) is 35.5 Å². The van der Waals surface area contributed by atoms with Gasteiger partial charge in [0, 0.05) is 11.5 Å². The molecule has 0 bridgehead atoms. The molecule has 0 heterocycles. The van der Waals surface area contributed by atoms with Gasteiger partial charge in [0.05, 0.1) is 0 Å². The predicted octanol–water partition coefficient (Wildman–Crippen LogP) is 3.87. The normalized spacial score (nSPS) is 18.4. The number of allylic oxidation sites excluding steroid dienone is 2. The molecule has 0 radical (unpaired) electrons. The highest BCUT2D eigenvalue weighted by Gasteiger charge is 2.24. The molecule has 104 valence electrons. The molecule has 2 aliphatic carbocycles. The minimum absolute atomic E-state index is 0.294. The molecule has 0 aromatic carbocycles. The number of hydrogen-bond donors (Lipinski definition) is 0. The minimum atomic E-state index is -0.487. The molecule has 19 heavy (non-hydrogen) atoms. The van der Waals surface area contributed by atoms with Crippen LogP contribution >= 0.6 is 0 Å². The van der Waals surface area contributed by atoms with Crippen molar-refractivity contribution in [2.75, 3.05) is 6.61 Å². The first-order valence-electron chi connectivity index (χ1n) is 7.05. The average Bonchev–Trinajstić information content (AvgIpc) is 3.07. The van der Waals surface area contributed by atoms with Gasteiger partial charge >= 0.3 is 5.97 Å². The summed E-state index contributed by atoms with van der Waals surface area (Å²) in [4.78, 5) is 21.2. The maximum atomic E-state index is 11.3. The van der Waals surface area contributed by atoms with Crippen LogP contribution in [0.1, 0.15) is 45.4 Å². The molecular formula is C16H22O3. The summed E-state index contributed by atoms with van der Waals surface area (Å²) in [7, 11) is 0. The van der Waals surface area contributed by atoms with Crippen LogP contribution in [0.25, 0.3) is 0 Å². The molecule has 0 atom stereocenters. The topological polar surface area (TPSA) is 35.5 Å². The van der Waals surface area contributed by atoms with E-state index in [1.165, 1.54) is 24.0 Å². The molecule has 0 N–H and O–H groups in total. The van der Waals surface area contributed by atoms with Gasteiger partial charge in [-0.3, -0.25) is 4.89 Å². The van der Waals surface area contributed by atoms with E-state index in [9.17, 15) is 4.79 Å². The van der Waals surface area contributed by atoms with Gasteiger partial charge in [-0.2, -0.15) is 4.89 Å². The zero-order valence-electron chi connectivity index (χ0n) is 11.6. The Bertz CT molecular complexity index is 394. The Morgan fingerprint density at radius 2 is 1.84 bits per heavy atom. The van der Waals surface area contributed by atoms with E-state index in [4.69, 9.17) is 9.78 Å². The van der Waals surface area contributed by atoms with Crippen LogP contribution in [0, 0.1) is 5.92 Å². The lowest BCUT2D eigenvalue weighted by Crippen LogP contribution is -2.16. The van der Waals surface area contributed by atoms with Crippen molar-refractivity contribution in [2.45, 2.75) is 45.4 Å². The molecule has 0 saturated carbocycles. The van der Waals surface area contributed by atoms with E-state index in [1.807, 2.05) is 0 Å². The molecular weight excluding hydrogens is 240 g/mol. The summed E-state index contributed by atoms with van der Waals surface area (Å²) in [5, 5.41) is 0. The molecule has 0 aliphatic heterocycles. The van der Waals surface area contributed by atoms with Gasteiger partial charge in [-0.15, -0.1) is 0 Å². The van der Waals surface area contributed by atoms with Crippen LogP contribution in [-0.2, 0) is 14.6 Å². The van der Waals surface area contributed by atoms with Gasteiger partial charge in [-0.1, -0.05) is 29.9 Å². The smallest absolute Gasteiger partial charge is 0.293 e. The van der Waals surface area contributed by atoms with E-state index in [1.54, 1.807) is 6.92 Å². The number of carbonyl (C=O) groups excluding carboxylic acids is 1. The largest absolute Gasteiger partial charge is 0.368 e. The van der Waals surface area contributed by atoms with E-state index < -0.39 is 5.97 Å². The monoisotopic (exact) mass is 262 g/mol. The Labute approximate surface area is 114 Å². The Morgan fingerprint density at radius 3 is 2.26 bits per heavy atom. The molecule has 3 nitrogen and oxygen atoms in total. The van der Waals surface area contributed by atoms with Crippen LogP contribution in [-0.4, -0.2) is 12.6 Å². The van der Waals surface area contributed by atoms with Gasteiger partial charge in [-0.25, -0.2) is 4.79 Å². The second-order valence-corrected chi connectivity index (χ2v) is 5.33. The number of hydrogen-bond acceptors (Lipinski definition) is 3. The van der Waals surface area contributed by atoms with Gasteiger partial charge in [0.1, 0.15) is 6.61 Å². The van der Waals surface area contributed by atoms with Crippen molar-refractivity contribution in [1.82, 2.24) is 0 Å². The molecule has 0 unspecified atom stereocenters. The summed E-state index contributed by atoms with van der Waals surface area (Å²) in [5.74, 6) is -0.192. The number of rotatable bonds is 6. The zero-order chi connectivity index (χ0) is 13.7. The molecule has 0 spiro atoms. The summed E-state index contributed by atoms with van der Waals surface area (Å²) in [6.45, 7) is 5.57. The van der Waals surface area contributed by atoms with Gasteiger partial charge < -0.3 is 0 Å². The maximum Gasteiger partial charge on any atom is 0.368 e. The molecule has 0 amide bonds. The zero-order valence-corrected chi connectivity index (χ0v) is 11.6. The summed E-state index contributed by atoms with van der Waals surface area (Å²) in [6.07, 6.45) is 11.7. The summed E-state index contributed by atoms with van der Waals surface area (Å²) < 4.78 is 0. The Morgan fingerprint density at radius 1 is 1.26 bits per heavy atom. The first-order chi connectivity index (χ1) is 9.18. The van der Waals surface area contributed by atoms with E-state index in [2.05, 4.69) is 18.7 Å². The fourth-order valence-electron chi connectivity index (χ4n) is 2.70. The van der Waals surface area contributed by atoms with Crippen molar-refractivity contribution in [3.8, 4) is 0 Å². The third-order valence-corrected chi connectivity index (χ3v) is 3.77. The maximum absolute atomic E-state index is 11.3. The lowest BCUT2D eigenvalue weighted by Gasteiger charge is -2.19. The lowest BCUT2D eigenvalue weighted by atomic mass is 9.90. The number of carbonyl (C=O) groups is 1. The van der Waals surface area contributed by atoms with Crippen LogP contribution in [0.3, 0.4) is 0 Å². The summed E-state index contributed by atoms with van der Waals surface area (Å²) in [5.41, 5.74) is 3.25. The van der Waals surface area contributed by atoms with E-state index in [0.717, 1.165) is 25.7 Å². The second-order valence-electron chi connectivity index (χ2n) is 5.33. The van der Waals surface area contributed by atoms with Crippen molar-refractivity contribution < 1.29 is 14.6 Å². The molecule has 3 heteroatoms. The minimum Gasteiger partial charge on any atom is -0.293 e. The van der Waals surface area contributed by atoms with Crippen molar-refractivity contribution in [1.29, 1.82) is 0 Å². The molecule has 0 aromatic rings. The third kappa shape index (κ3) is 3.80. The van der Waals surface area contributed by atoms with Crippen molar-refractivity contribution in [3.63, 3.8) is 0 Å². The highest BCUT2D eigenvalue weighted by Crippen LogP contribution is 2.35. The summed E-state index contributed by atoms with van der Waals surface area (Å²) in [6, 6.07) is 0. The second kappa shape index (κ2) is 6.71. The van der Waals surface area contributed by atoms with E-state index in [0.29, 0.717) is 18.1 Å². The van der Waals surface area contributed by atoms with E-state index >= 15 is 0 Å². The molecule has 2 rings (SSSR count). The Kier molecular flexibility index (Phi) is 4.97. The fraction of sp³-hybridized carbons (Fsp3) is 0.562. The van der Waals surface area contributed by atoms with Crippen molar-refractivity contribution >= 4 is 5.97 Å². The van der Waals surface area contributed by atoms with Crippen LogP contribution in [0.2, 0.25) is 0 Å². The molecule has 0 fully saturated rings. The van der Waals surface area contributed by atoms with Gasteiger partial charge in [0.2, 0.25) is 0 Å². The highest BCUT2D eigenvalue weighted by atomic mass is 17.2. The van der Waals surface area contributed by atoms with Crippen LogP contribution in [0.15, 0.2) is 35.5 Å². The Balaban J connectivity index is 1.91. The highest BCUT2D eigenvalue weighted by molar-refractivity contribution is 5.86. The third-order valence-electron chi connectivity index (χ3n) is 3.77. The Hall–Kier alpha value is -1.35. The summed E-state index contributed by atoms with van der Waals surface area (Å²) >= 11 is 0. The van der Waals surface area contributed by atoms with Gasteiger partial charge in [-0.05, 0) is 45.4 Å². The SMILES string of the molecule is C=C(C)C(=O)OOCC(C1=CCCC1)C1=CCCC1. The van der Waals surface area contributed by atoms with Crippen LogP contribution in [0.4, 0.5) is 0 Å². The van der Waals surface area contributed by atoms with Gasteiger partial charge in [0.25, 0.3) is 0 Å². The van der Waals surface area contributed by atoms with Crippen LogP contribution < -0.4 is 0 Å². The molecule has 0 aromatic heterocycles. The standard InChI is InChI=1S/C16H22O3/c1-12(2)16(17)19-18-11-15(13-7-3-4-8-13)14-9-5-6-10-14/h7,9,15H,1,3-6,8,10-11H2,2H3. The average molecular weight is 262 g/mol. The quantitative estimate of drug-likeness (QED) is 0.315. The van der Waals surface area contributed by atoms with Crippen LogP contribution in [0.5, 0.6) is 0 Å². The van der Waals surface area contributed by atoms with Gasteiger partial charge in [0.15, 0.2) is 0 Å². The fourth-order valence-corrected chi connectivity index (χ4v) is 2.70. The lowest BCUT2D eigenvalue weighted by molar-refractivity contribution is -0.271. The molecule has 0 saturated heterocycles. The first-order valence-corrected chi connectivity index (χ1v) is 7.05. The van der Waals surface area contributed by atoms with E-state index in [-0.39, 0.29) is 0 Å². The van der Waals surface area contributed by atoms with Crippen molar-refractivity contribution in [2.24, 2.45) is 5.92 Å².